The second-order valence-corrected chi connectivity index (χ2v) is 7.40. The summed E-state index contributed by atoms with van der Waals surface area (Å²) in [5, 5.41) is 0. The van der Waals surface area contributed by atoms with Crippen LogP contribution >= 0.6 is 0 Å². The van der Waals surface area contributed by atoms with Crippen molar-refractivity contribution in [2.75, 3.05) is 0 Å². The van der Waals surface area contributed by atoms with Crippen molar-refractivity contribution in [3.8, 4) is 5.75 Å². The van der Waals surface area contributed by atoms with Crippen LogP contribution in [-0.4, -0.2) is 11.0 Å². The van der Waals surface area contributed by atoms with Gasteiger partial charge >= 0.3 is 5.97 Å². The number of carbonyl (C=O) groups is 1. The van der Waals surface area contributed by atoms with Gasteiger partial charge in [-0.05, 0) is 58.5 Å². The first-order valence-electron chi connectivity index (χ1n) is 8.93. The van der Waals surface area contributed by atoms with Crippen LogP contribution in [0.2, 0.25) is 0 Å². The van der Waals surface area contributed by atoms with Crippen molar-refractivity contribution in [1.82, 2.24) is 4.98 Å². The number of esters is 1. The van der Waals surface area contributed by atoms with Gasteiger partial charge in [0.2, 0.25) is 0 Å². The third kappa shape index (κ3) is 5.14. The van der Waals surface area contributed by atoms with E-state index in [2.05, 4.69) is 25.8 Å². The number of benzene rings is 2. The number of hydrogen-bond donors (Lipinski definition) is 0. The molecule has 0 N–H and O–H groups in total. The normalized spacial score (nSPS) is 11.5. The molecular weight excluding hydrogens is 334 g/mol. The molecule has 0 aliphatic rings. The Morgan fingerprint density at radius 2 is 1.37 bits per heavy atom. The Hall–Kier alpha value is -3.20. The second kappa shape index (κ2) is 8.00. The van der Waals surface area contributed by atoms with Gasteiger partial charge in [0, 0.05) is 12.4 Å². The van der Waals surface area contributed by atoms with Crippen molar-refractivity contribution >= 4 is 18.1 Å². The van der Waals surface area contributed by atoms with E-state index in [1.54, 1.807) is 24.5 Å². The standard InChI is InChI=1S/C24H23NO2/c1-24(2,3)21-10-8-20(9-11-21)23(26)27-22-12-6-18(7-13-22)4-5-19-14-16-25-17-15-19/h4-17H,1-3H3/b5-4+. The maximum absolute atomic E-state index is 12.3. The minimum Gasteiger partial charge on any atom is -0.423 e. The molecule has 3 aromatic rings. The van der Waals surface area contributed by atoms with Gasteiger partial charge in [0.15, 0.2) is 0 Å². The summed E-state index contributed by atoms with van der Waals surface area (Å²) in [7, 11) is 0. The maximum atomic E-state index is 12.3. The molecule has 0 unspecified atom stereocenters. The third-order valence-corrected chi connectivity index (χ3v) is 4.25. The average Bonchev–Trinajstić information content (AvgIpc) is 2.68. The first kappa shape index (κ1) is 18.6. The van der Waals surface area contributed by atoms with E-state index < -0.39 is 0 Å². The van der Waals surface area contributed by atoms with Crippen molar-refractivity contribution in [2.45, 2.75) is 26.2 Å². The molecule has 0 aliphatic carbocycles. The molecule has 0 aliphatic heterocycles. The molecule has 136 valence electrons. The van der Waals surface area contributed by atoms with Gasteiger partial charge in [-0.3, -0.25) is 4.98 Å². The predicted molar refractivity (Wildman–Crippen MR) is 110 cm³/mol. The van der Waals surface area contributed by atoms with Crippen LogP contribution < -0.4 is 4.74 Å². The summed E-state index contributed by atoms with van der Waals surface area (Å²) >= 11 is 0. The Labute approximate surface area is 160 Å². The van der Waals surface area contributed by atoms with Crippen LogP contribution in [-0.2, 0) is 5.41 Å². The van der Waals surface area contributed by atoms with Gasteiger partial charge in [-0.2, -0.15) is 0 Å². The van der Waals surface area contributed by atoms with E-state index in [0.717, 1.165) is 11.1 Å². The van der Waals surface area contributed by atoms with Gasteiger partial charge < -0.3 is 4.74 Å². The van der Waals surface area contributed by atoms with Crippen LogP contribution in [0.25, 0.3) is 12.2 Å². The molecule has 0 saturated carbocycles. The van der Waals surface area contributed by atoms with E-state index in [4.69, 9.17) is 4.74 Å². The molecule has 27 heavy (non-hydrogen) atoms. The summed E-state index contributed by atoms with van der Waals surface area (Å²) in [6, 6.07) is 18.9. The van der Waals surface area contributed by atoms with Crippen molar-refractivity contribution in [3.63, 3.8) is 0 Å². The number of aromatic nitrogens is 1. The fourth-order valence-electron chi connectivity index (χ4n) is 2.59. The third-order valence-electron chi connectivity index (χ3n) is 4.25. The Kier molecular flexibility index (Phi) is 5.51. The van der Waals surface area contributed by atoms with Crippen LogP contribution in [0.1, 0.15) is 47.8 Å². The largest absolute Gasteiger partial charge is 0.423 e. The average molecular weight is 357 g/mol. The molecule has 3 nitrogen and oxygen atoms in total. The minimum atomic E-state index is -0.351. The van der Waals surface area contributed by atoms with Gasteiger partial charge in [-0.1, -0.05) is 57.2 Å². The van der Waals surface area contributed by atoms with Gasteiger partial charge in [-0.15, -0.1) is 0 Å². The van der Waals surface area contributed by atoms with Crippen LogP contribution in [0.4, 0.5) is 0 Å². The highest BCUT2D eigenvalue weighted by Crippen LogP contribution is 2.23. The lowest BCUT2D eigenvalue weighted by molar-refractivity contribution is 0.0734. The smallest absolute Gasteiger partial charge is 0.343 e. The molecule has 3 heteroatoms. The fraction of sp³-hybridized carbons (Fsp3) is 0.167. The van der Waals surface area contributed by atoms with Crippen LogP contribution in [0.3, 0.4) is 0 Å². The van der Waals surface area contributed by atoms with Gasteiger partial charge in [0.25, 0.3) is 0 Å². The Balaban J connectivity index is 1.64. The van der Waals surface area contributed by atoms with E-state index in [1.807, 2.05) is 60.7 Å². The molecule has 0 radical (unpaired) electrons. The molecule has 3 rings (SSSR count). The topological polar surface area (TPSA) is 39.2 Å². The van der Waals surface area contributed by atoms with E-state index in [0.29, 0.717) is 11.3 Å². The zero-order chi connectivity index (χ0) is 19.3. The summed E-state index contributed by atoms with van der Waals surface area (Å²) in [5.74, 6) is 0.177. The van der Waals surface area contributed by atoms with E-state index in [1.165, 1.54) is 5.56 Å². The molecule has 1 heterocycles. The van der Waals surface area contributed by atoms with Gasteiger partial charge in [0.1, 0.15) is 5.75 Å². The highest BCUT2D eigenvalue weighted by molar-refractivity contribution is 5.91. The van der Waals surface area contributed by atoms with Gasteiger partial charge in [0.05, 0.1) is 5.56 Å². The number of ether oxygens (including phenoxy) is 1. The van der Waals surface area contributed by atoms with Crippen molar-refractivity contribution in [1.29, 1.82) is 0 Å². The summed E-state index contributed by atoms with van der Waals surface area (Å²) < 4.78 is 5.47. The van der Waals surface area contributed by atoms with Gasteiger partial charge in [-0.25, -0.2) is 4.79 Å². The van der Waals surface area contributed by atoms with Crippen LogP contribution in [0.5, 0.6) is 5.75 Å². The Bertz CT molecular complexity index is 919. The number of hydrogen-bond acceptors (Lipinski definition) is 3. The number of carbonyl (C=O) groups excluding carboxylic acids is 1. The number of nitrogens with zero attached hydrogens (tertiary/aromatic N) is 1. The maximum Gasteiger partial charge on any atom is 0.343 e. The zero-order valence-corrected chi connectivity index (χ0v) is 15.8. The highest BCUT2D eigenvalue weighted by atomic mass is 16.5. The van der Waals surface area contributed by atoms with E-state index in [9.17, 15) is 4.79 Å². The molecule has 0 spiro atoms. The summed E-state index contributed by atoms with van der Waals surface area (Å²) in [6.45, 7) is 6.43. The predicted octanol–water partition coefficient (Wildman–Crippen LogP) is 5.77. The summed E-state index contributed by atoms with van der Waals surface area (Å²) in [4.78, 5) is 16.3. The molecular formula is C24H23NO2. The van der Waals surface area contributed by atoms with Crippen molar-refractivity contribution < 1.29 is 9.53 Å². The molecule has 0 saturated heterocycles. The Morgan fingerprint density at radius 1 is 0.815 bits per heavy atom. The van der Waals surface area contributed by atoms with Crippen LogP contribution in [0.15, 0.2) is 73.1 Å². The fourth-order valence-corrected chi connectivity index (χ4v) is 2.59. The van der Waals surface area contributed by atoms with Crippen molar-refractivity contribution in [2.24, 2.45) is 0 Å². The minimum absolute atomic E-state index is 0.0576. The molecule has 1 aromatic heterocycles. The summed E-state index contributed by atoms with van der Waals surface area (Å²) in [6.07, 6.45) is 7.54. The van der Waals surface area contributed by atoms with Crippen molar-refractivity contribution in [3.05, 3.63) is 95.3 Å². The molecule has 0 atom stereocenters. The number of pyridine rings is 1. The SMILES string of the molecule is CC(C)(C)c1ccc(C(=O)Oc2ccc(/C=C/c3ccncc3)cc2)cc1. The monoisotopic (exact) mass is 357 g/mol. The van der Waals surface area contributed by atoms with Crippen LogP contribution in [0, 0.1) is 0 Å². The highest BCUT2D eigenvalue weighted by Gasteiger charge is 2.15. The molecule has 2 aromatic carbocycles. The lowest BCUT2D eigenvalue weighted by atomic mass is 9.87. The molecule has 0 fully saturated rings. The molecule has 0 amide bonds. The summed E-state index contributed by atoms with van der Waals surface area (Å²) in [5.41, 5.74) is 3.90. The number of rotatable bonds is 4. The second-order valence-electron chi connectivity index (χ2n) is 7.40. The Morgan fingerprint density at radius 3 is 1.93 bits per heavy atom. The first-order chi connectivity index (χ1) is 12.9. The molecule has 0 bridgehead atoms. The first-order valence-corrected chi connectivity index (χ1v) is 8.93. The zero-order valence-electron chi connectivity index (χ0n) is 15.8. The lowest BCUT2D eigenvalue weighted by Gasteiger charge is -2.18. The van der Waals surface area contributed by atoms with E-state index >= 15 is 0 Å². The lowest BCUT2D eigenvalue weighted by Crippen LogP contribution is -2.12. The van der Waals surface area contributed by atoms with E-state index in [-0.39, 0.29) is 11.4 Å². The quantitative estimate of drug-likeness (QED) is 0.439.